The van der Waals surface area contributed by atoms with Gasteiger partial charge in [-0.15, -0.1) is 0 Å². The van der Waals surface area contributed by atoms with E-state index in [0.29, 0.717) is 6.42 Å². The van der Waals surface area contributed by atoms with E-state index in [-0.39, 0.29) is 5.91 Å². The summed E-state index contributed by atoms with van der Waals surface area (Å²) < 4.78 is 5.12. The Kier molecular flexibility index (Phi) is 6.50. The second-order valence-corrected chi connectivity index (χ2v) is 6.54. The number of hydrogen-bond acceptors (Lipinski definition) is 4. The molecule has 1 heterocycles. The summed E-state index contributed by atoms with van der Waals surface area (Å²) in [5.74, 6) is 0.857. The summed E-state index contributed by atoms with van der Waals surface area (Å²) in [4.78, 5) is 16.9. The smallest absolute Gasteiger partial charge is 0.224 e. The van der Waals surface area contributed by atoms with Crippen molar-refractivity contribution >= 4 is 17.3 Å². The lowest BCUT2D eigenvalue weighted by molar-refractivity contribution is -0.116. The molecule has 1 fully saturated rings. The Hall–Kier alpha value is -2.53. The number of nitrogens with zero attached hydrogens (tertiary/aromatic N) is 2. The number of para-hydroxylation sites is 1. The first-order valence-electron chi connectivity index (χ1n) is 9.21. The lowest BCUT2D eigenvalue weighted by atomic mass is 10.2. The van der Waals surface area contributed by atoms with E-state index in [1.807, 2.05) is 24.3 Å². The van der Waals surface area contributed by atoms with Gasteiger partial charge in [0.25, 0.3) is 0 Å². The fraction of sp³-hybridized carbons (Fsp3) is 0.381. The minimum absolute atomic E-state index is 0.0677. The average Bonchev–Trinajstić information content (AvgIpc) is 2.70. The number of nitrogens with one attached hydrogen (secondary N) is 1. The molecule has 3 rings (SSSR count). The Morgan fingerprint density at radius 3 is 2.35 bits per heavy atom. The molecule has 0 saturated carbocycles. The summed E-state index contributed by atoms with van der Waals surface area (Å²) in [5, 5.41) is 2.94. The summed E-state index contributed by atoms with van der Waals surface area (Å²) in [6, 6.07) is 18.0. The van der Waals surface area contributed by atoms with Crippen molar-refractivity contribution in [2.24, 2.45) is 0 Å². The van der Waals surface area contributed by atoms with Crippen LogP contribution in [0.3, 0.4) is 0 Å². The molecule has 1 aliphatic heterocycles. The zero-order chi connectivity index (χ0) is 18.2. The van der Waals surface area contributed by atoms with Crippen LogP contribution in [0, 0.1) is 0 Å². The number of piperazine rings is 1. The van der Waals surface area contributed by atoms with Crippen molar-refractivity contribution in [1.82, 2.24) is 4.90 Å². The zero-order valence-electron chi connectivity index (χ0n) is 15.4. The van der Waals surface area contributed by atoms with Crippen molar-refractivity contribution < 1.29 is 9.53 Å². The van der Waals surface area contributed by atoms with Crippen LogP contribution in [0.4, 0.5) is 11.4 Å². The van der Waals surface area contributed by atoms with Gasteiger partial charge in [0.05, 0.1) is 7.11 Å². The van der Waals surface area contributed by atoms with Gasteiger partial charge in [-0.1, -0.05) is 18.2 Å². The lowest BCUT2D eigenvalue weighted by Crippen LogP contribution is -2.46. The Morgan fingerprint density at radius 1 is 1.00 bits per heavy atom. The molecule has 1 saturated heterocycles. The summed E-state index contributed by atoms with van der Waals surface area (Å²) in [7, 11) is 1.63. The number of hydrogen-bond donors (Lipinski definition) is 1. The van der Waals surface area contributed by atoms with Gasteiger partial charge in [0.15, 0.2) is 0 Å². The Bertz CT molecular complexity index is 680. The van der Waals surface area contributed by atoms with Crippen LogP contribution in [0.15, 0.2) is 54.6 Å². The first-order chi connectivity index (χ1) is 12.7. The maximum absolute atomic E-state index is 12.1. The molecule has 0 unspecified atom stereocenters. The van der Waals surface area contributed by atoms with Gasteiger partial charge < -0.3 is 15.0 Å². The maximum Gasteiger partial charge on any atom is 0.224 e. The molecule has 5 nitrogen and oxygen atoms in total. The zero-order valence-corrected chi connectivity index (χ0v) is 15.4. The van der Waals surface area contributed by atoms with Gasteiger partial charge in [-0.2, -0.15) is 0 Å². The summed E-state index contributed by atoms with van der Waals surface area (Å²) in [5.41, 5.74) is 2.11. The lowest BCUT2D eigenvalue weighted by Gasteiger charge is -2.36. The molecule has 0 aromatic heterocycles. The predicted molar refractivity (Wildman–Crippen MR) is 106 cm³/mol. The van der Waals surface area contributed by atoms with E-state index in [2.05, 4.69) is 45.4 Å². The predicted octanol–water partition coefficient (Wildman–Crippen LogP) is 3.24. The SMILES string of the molecule is COc1ccc(NC(=O)CCCN2CCN(c3ccccc3)CC2)cc1. The highest BCUT2D eigenvalue weighted by molar-refractivity contribution is 5.90. The second kappa shape index (κ2) is 9.25. The highest BCUT2D eigenvalue weighted by atomic mass is 16.5. The Labute approximate surface area is 155 Å². The van der Waals surface area contributed by atoms with E-state index in [1.54, 1.807) is 7.11 Å². The second-order valence-electron chi connectivity index (χ2n) is 6.54. The molecule has 5 heteroatoms. The van der Waals surface area contributed by atoms with Gasteiger partial charge in [-0.3, -0.25) is 9.69 Å². The van der Waals surface area contributed by atoms with Gasteiger partial charge in [0, 0.05) is 44.0 Å². The normalized spacial score (nSPS) is 14.9. The highest BCUT2D eigenvalue weighted by Crippen LogP contribution is 2.17. The maximum atomic E-state index is 12.1. The molecular formula is C21H27N3O2. The van der Waals surface area contributed by atoms with Crippen LogP contribution in [0.25, 0.3) is 0 Å². The third-order valence-electron chi connectivity index (χ3n) is 4.75. The Morgan fingerprint density at radius 2 is 1.69 bits per heavy atom. The van der Waals surface area contributed by atoms with Crippen LogP contribution in [-0.2, 0) is 4.79 Å². The molecule has 0 spiro atoms. The van der Waals surface area contributed by atoms with Crippen molar-refractivity contribution in [2.45, 2.75) is 12.8 Å². The monoisotopic (exact) mass is 353 g/mol. The van der Waals surface area contributed by atoms with Crippen LogP contribution >= 0.6 is 0 Å². The number of ether oxygens (including phenoxy) is 1. The highest BCUT2D eigenvalue weighted by Gasteiger charge is 2.16. The molecule has 1 amide bonds. The molecule has 26 heavy (non-hydrogen) atoms. The fourth-order valence-corrected chi connectivity index (χ4v) is 3.23. The number of rotatable bonds is 7. The standard InChI is InChI=1S/C21H27N3O2/c1-26-20-11-9-18(10-12-20)22-21(25)8-5-13-23-14-16-24(17-15-23)19-6-3-2-4-7-19/h2-4,6-7,9-12H,5,8,13-17H2,1H3,(H,22,25). The van der Waals surface area contributed by atoms with Crippen molar-refractivity contribution in [3.63, 3.8) is 0 Å². The van der Waals surface area contributed by atoms with Crippen molar-refractivity contribution in [2.75, 3.05) is 50.1 Å². The molecule has 1 aliphatic rings. The third kappa shape index (κ3) is 5.23. The first kappa shape index (κ1) is 18.3. The molecule has 138 valence electrons. The first-order valence-corrected chi connectivity index (χ1v) is 9.21. The summed E-state index contributed by atoms with van der Waals surface area (Å²) in [6.07, 6.45) is 1.43. The topological polar surface area (TPSA) is 44.8 Å². The van der Waals surface area contributed by atoms with Crippen molar-refractivity contribution in [3.05, 3.63) is 54.6 Å². The molecule has 0 atom stereocenters. The van der Waals surface area contributed by atoms with E-state index in [9.17, 15) is 4.79 Å². The molecular weight excluding hydrogens is 326 g/mol. The quantitative estimate of drug-likeness (QED) is 0.830. The van der Waals surface area contributed by atoms with Gasteiger partial charge >= 0.3 is 0 Å². The third-order valence-corrected chi connectivity index (χ3v) is 4.75. The number of amides is 1. The van der Waals surface area contributed by atoms with E-state index >= 15 is 0 Å². The van der Waals surface area contributed by atoms with E-state index in [1.165, 1.54) is 5.69 Å². The van der Waals surface area contributed by atoms with Crippen LogP contribution in [-0.4, -0.2) is 50.6 Å². The van der Waals surface area contributed by atoms with E-state index < -0.39 is 0 Å². The molecule has 0 bridgehead atoms. The van der Waals surface area contributed by atoms with Crippen LogP contribution in [0.5, 0.6) is 5.75 Å². The number of carbonyl (C=O) groups is 1. The molecule has 2 aromatic rings. The molecule has 0 radical (unpaired) electrons. The van der Waals surface area contributed by atoms with Gasteiger partial charge in [-0.25, -0.2) is 0 Å². The summed E-state index contributed by atoms with van der Waals surface area (Å²) in [6.45, 7) is 5.16. The van der Waals surface area contributed by atoms with Gasteiger partial charge in [-0.05, 0) is 49.4 Å². The Balaban J connectivity index is 1.34. The van der Waals surface area contributed by atoms with Crippen molar-refractivity contribution in [3.8, 4) is 5.75 Å². The van der Waals surface area contributed by atoms with Crippen LogP contribution in [0.2, 0.25) is 0 Å². The molecule has 2 aromatic carbocycles. The van der Waals surface area contributed by atoms with Crippen molar-refractivity contribution in [1.29, 1.82) is 0 Å². The number of anilines is 2. The minimum Gasteiger partial charge on any atom is -0.497 e. The largest absolute Gasteiger partial charge is 0.497 e. The molecule has 1 N–H and O–H groups in total. The number of carbonyl (C=O) groups excluding carboxylic acids is 1. The van der Waals surface area contributed by atoms with E-state index in [4.69, 9.17) is 4.74 Å². The van der Waals surface area contributed by atoms with Gasteiger partial charge in [0.1, 0.15) is 5.75 Å². The summed E-state index contributed by atoms with van der Waals surface area (Å²) >= 11 is 0. The van der Waals surface area contributed by atoms with E-state index in [0.717, 1.165) is 50.6 Å². The minimum atomic E-state index is 0.0677. The molecule has 0 aliphatic carbocycles. The van der Waals surface area contributed by atoms with Crippen LogP contribution < -0.4 is 15.0 Å². The van der Waals surface area contributed by atoms with Gasteiger partial charge in [0.2, 0.25) is 5.91 Å². The average molecular weight is 353 g/mol. The number of methoxy groups -OCH3 is 1. The van der Waals surface area contributed by atoms with Crippen LogP contribution in [0.1, 0.15) is 12.8 Å². The number of benzene rings is 2. The fourth-order valence-electron chi connectivity index (χ4n) is 3.23.